The van der Waals surface area contributed by atoms with Gasteiger partial charge in [0.25, 0.3) is 5.88 Å². The Kier molecular flexibility index (Phi) is 10.5. The lowest BCUT2D eigenvalue weighted by molar-refractivity contribution is -0.140. The van der Waals surface area contributed by atoms with Gasteiger partial charge in [-0.25, -0.2) is 9.97 Å². The van der Waals surface area contributed by atoms with Crippen LogP contribution in [-0.4, -0.2) is 74.3 Å². The van der Waals surface area contributed by atoms with Crippen LogP contribution in [0.25, 0.3) is 11.4 Å². The highest BCUT2D eigenvalue weighted by Crippen LogP contribution is 2.50. The molecule has 6 rings (SSSR count). The number of aliphatic carboxylic acids is 1. The average molecular weight is 705 g/mol. The number of nitrogen functional groups attached to an aromatic ring is 1. The van der Waals surface area contributed by atoms with Crippen LogP contribution in [0, 0.1) is 17.2 Å². The zero-order valence-corrected chi connectivity index (χ0v) is 30.1. The van der Waals surface area contributed by atoms with Gasteiger partial charge in [0.05, 0.1) is 17.9 Å². The van der Waals surface area contributed by atoms with Gasteiger partial charge in [-0.05, 0) is 98.8 Å². The first kappa shape index (κ1) is 34.8. The molecule has 1 fully saturated rings. The van der Waals surface area contributed by atoms with Crippen LogP contribution in [0.15, 0.2) is 28.9 Å². The lowest BCUT2D eigenvalue weighted by Gasteiger charge is -2.33. The van der Waals surface area contributed by atoms with Gasteiger partial charge in [-0.2, -0.15) is 9.64 Å². The molecule has 1 saturated heterocycles. The van der Waals surface area contributed by atoms with Gasteiger partial charge in [-0.3, -0.25) is 4.79 Å². The Bertz CT molecular complexity index is 1810. The minimum Gasteiger partial charge on any atom is -0.481 e. The summed E-state index contributed by atoms with van der Waals surface area (Å²) in [5, 5.41) is 23.9. The number of thiophene rings is 1. The predicted octanol–water partition coefficient (Wildman–Crippen LogP) is 6.33. The van der Waals surface area contributed by atoms with Crippen LogP contribution in [0.3, 0.4) is 0 Å². The second kappa shape index (κ2) is 14.8. The Labute approximate surface area is 295 Å². The van der Waals surface area contributed by atoms with Crippen molar-refractivity contribution in [1.82, 2.24) is 24.4 Å². The lowest BCUT2D eigenvalue weighted by atomic mass is 9.71. The number of rotatable bonds is 12. The van der Waals surface area contributed by atoms with E-state index in [9.17, 15) is 15.2 Å². The van der Waals surface area contributed by atoms with Crippen molar-refractivity contribution in [2.45, 2.75) is 83.6 Å². The number of aromatic nitrogens is 4. The topological polar surface area (TPSA) is 168 Å². The number of nitriles is 1. The van der Waals surface area contributed by atoms with E-state index in [2.05, 4.69) is 45.9 Å². The normalized spacial score (nSPS) is 20.5. The number of nitrogens with two attached hydrogens (primary N) is 1. The molecule has 0 amide bonds. The molecule has 1 aliphatic carbocycles. The standard InChI is InChI=1S/C35H44N8O4S2/c1-21(2)30(33(44)45)26-18-29(40-47-26)46-16-6-5-13-42-14-8-15-43(22(3)20-42)34-38-12-10-24(39-34)25-17-28(49-41-25)35(4)11-7-9-27-31(35)23(19-36)32(37)48-27/h10,12,17-18,21-22,30H,5-9,11,13-16,20,37H2,1-4H3,(H,44,45)/t22-,30?,35+/m0/s1. The van der Waals surface area contributed by atoms with E-state index in [-0.39, 0.29) is 17.4 Å². The molecule has 260 valence electrons. The Hall–Kier alpha value is -4.06. The highest BCUT2D eigenvalue weighted by atomic mass is 32.1. The fourth-order valence-corrected chi connectivity index (χ4v) is 9.32. The van der Waals surface area contributed by atoms with E-state index in [4.69, 9.17) is 24.4 Å². The molecule has 12 nitrogen and oxygen atoms in total. The number of hydrogen-bond donors (Lipinski definition) is 2. The van der Waals surface area contributed by atoms with Crippen molar-refractivity contribution in [3.8, 4) is 23.3 Å². The minimum absolute atomic E-state index is 0.112. The molecule has 0 radical (unpaired) electrons. The molecule has 3 N–H and O–H groups in total. The van der Waals surface area contributed by atoms with Crippen molar-refractivity contribution in [3.05, 3.63) is 51.0 Å². The summed E-state index contributed by atoms with van der Waals surface area (Å²) in [5.74, 6) is -0.422. The first-order chi connectivity index (χ1) is 23.6. The van der Waals surface area contributed by atoms with Crippen LogP contribution in [-0.2, 0) is 16.6 Å². The number of ether oxygens (including phenoxy) is 1. The maximum absolute atomic E-state index is 11.6. The number of nitrogens with zero attached hydrogens (tertiary/aromatic N) is 7. The summed E-state index contributed by atoms with van der Waals surface area (Å²) in [5.41, 5.74) is 9.29. The van der Waals surface area contributed by atoms with Gasteiger partial charge in [-0.1, -0.05) is 20.8 Å². The van der Waals surface area contributed by atoms with Gasteiger partial charge in [0, 0.05) is 46.6 Å². The third-order valence-corrected chi connectivity index (χ3v) is 11.9. The highest BCUT2D eigenvalue weighted by Gasteiger charge is 2.40. The molecule has 0 aromatic carbocycles. The fourth-order valence-electron chi connectivity index (χ4n) is 7.21. The number of unbranched alkanes of at least 4 members (excludes halogenated alkanes) is 1. The summed E-state index contributed by atoms with van der Waals surface area (Å²) in [6, 6.07) is 8.25. The fraction of sp³-hybridized carbons (Fsp3) is 0.543. The molecule has 1 aliphatic heterocycles. The van der Waals surface area contributed by atoms with Gasteiger partial charge in [-0.15, -0.1) is 11.3 Å². The van der Waals surface area contributed by atoms with Gasteiger partial charge in [0.15, 0.2) is 5.76 Å². The lowest BCUT2D eigenvalue weighted by Crippen LogP contribution is -2.40. The third-order valence-electron chi connectivity index (χ3n) is 9.76. The molecule has 49 heavy (non-hydrogen) atoms. The summed E-state index contributed by atoms with van der Waals surface area (Å²) < 4.78 is 15.9. The number of fused-ring (bicyclic) bond motifs is 1. The molecular formula is C35H44N8O4S2. The Morgan fingerprint density at radius 2 is 2.10 bits per heavy atom. The van der Waals surface area contributed by atoms with Crippen molar-refractivity contribution in [1.29, 1.82) is 5.26 Å². The van der Waals surface area contributed by atoms with Crippen LogP contribution < -0.4 is 15.4 Å². The van der Waals surface area contributed by atoms with Crippen molar-refractivity contribution in [3.63, 3.8) is 0 Å². The molecular weight excluding hydrogens is 661 g/mol. The van der Waals surface area contributed by atoms with Crippen LogP contribution in [0.4, 0.5) is 10.9 Å². The molecule has 3 atom stereocenters. The van der Waals surface area contributed by atoms with E-state index >= 15 is 0 Å². The Morgan fingerprint density at radius 3 is 2.88 bits per heavy atom. The van der Waals surface area contributed by atoms with Crippen molar-refractivity contribution in [2.75, 3.05) is 43.4 Å². The van der Waals surface area contributed by atoms with E-state index in [0.717, 1.165) is 86.5 Å². The number of carboxylic acids is 1. The third kappa shape index (κ3) is 7.29. The summed E-state index contributed by atoms with van der Waals surface area (Å²) in [6.07, 6.45) is 7.60. The zero-order chi connectivity index (χ0) is 34.7. The number of carboxylic acid groups (broad SMARTS) is 1. The summed E-state index contributed by atoms with van der Waals surface area (Å²) in [6.45, 7) is 12.3. The van der Waals surface area contributed by atoms with Gasteiger partial charge in [0.2, 0.25) is 5.95 Å². The van der Waals surface area contributed by atoms with Crippen LogP contribution in [0.1, 0.15) is 92.4 Å². The molecule has 2 aliphatic rings. The van der Waals surface area contributed by atoms with Crippen LogP contribution >= 0.6 is 22.9 Å². The first-order valence-corrected chi connectivity index (χ1v) is 18.6. The average Bonchev–Trinajstić information content (AvgIpc) is 3.79. The smallest absolute Gasteiger partial charge is 0.314 e. The van der Waals surface area contributed by atoms with E-state index in [1.165, 1.54) is 16.4 Å². The zero-order valence-electron chi connectivity index (χ0n) is 28.5. The Morgan fingerprint density at radius 1 is 1.27 bits per heavy atom. The molecule has 0 saturated carbocycles. The van der Waals surface area contributed by atoms with Gasteiger partial charge >= 0.3 is 5.97 Å². The van der Waals surface area contributed by atoms with Gasteiger partial charge < -0.3 is 29.9 Å². The van der Waals surface area contributed by atoms with E-state index in [0.29, 0.717) is 34.8 Å². The number of aryl methyl sites for hydroxylation is 1. The summed E-state index contributed by atoms with van der Waals surface area (Å²) in [7, 11) is 0. The van der Waals surface area contributed by atoms with Crippen molar-refractivity contribution < 1.29 is 19.2 Å². The quantitative estimate of drug-likeness (QED) is 0.158. The van der Waals surface area contributed by atoms with Crippen LogP contribution in [0.2, 0.25) is 0 Å². The van der Waals surface area contributed by atoms with Gasteiger partial charge in [0.1, 0.15) is 22.7 Å². The largest absolute Gasteiger partial charge is 0.481 e. The SMILES string of the molecule is CC(C)C(C(=O)O)c1cc(OCCCCN2CCCN(c3nccc(-c4cc([C@@]5(C)CCCc6sc(N)c(C#N)c65)sn4)n3)[C@@H](C)C2)no1. The highest BCUT2D eigenvalue weighted by molar-refractivity contribution is 7.16. The first-order valence-electron chi connectivity index (χ1n) is 17.0. The Balaban J connectivity index is 1.04. The monoisotopic (exact) mass is 704 g/mol. The second-order valence-electron chi connectivity index (χ2n) is 13.6. The molecule has 1 unspecified atom stereocenters. The minimum atomic E-state index is -0.930. The maximum atomic E-state index is 11.6. The molecule has 4 aromatic rings. The number of anilines is 2. The predicted molar refractivity (Wildman–Crippen MR) is 190 cm³/mol. The molecule has 0 spiro atoms. The van der Waals surface area contributed by atoms with E-state index in [1.54, 1.807) is 17.4 Å². The van der Waals surface area contributed by atoms with Crippen molar-refractivity contribution in [2.24, 2.45) is 5.92 Å². The number of carbonyl (C=O) groups is 1. The van der Waals surface area contributed by atoms with Crippen LogP contribution in [0.5, 0.6) is 5.88 Å². The molecule has 4 aromatic heterocycles. The number of hydrogen-bond acceptors (Lipinski definition) is 13. The molecule has 0 bridgehead atoms. The van der Waals surface area contributed by atoms with Crippen molar-refractivity contribution >= 4 is 39.8 Å². The summed E-state index contributed by atoms with van der Waals surface area (Å²) >= 11 is 3.04. The molecule has 14 heteroatoms. The van der Waals surface area contributed by atoms with E-state index < -0.39 is 11.9 Å². The van der Waals surface area contributed by atoms with E-state index in [1.807, 2.05) is 26.1 Å². The second-order valence-corrected chi connectivity index (χ2v) is 15.6. The maximum Gasteiger partial charge on any atom is 0.314 e. The molecule has 5 heterocycles. The summed E-state index contributed by atoms with van der Waals surface area (Å²) in [4.78, 5) is 28.4.